The molecule has 0 atom stereocenters. The first kappa shape index (κ1) is 20.1. The average Bonchev–Trinajstić information content (AvgIpc) is 3.18. The van der Waals surface area contributed by atoms with Crippen molar-refractivity contribution in [2.75, 3.05) is 32.8 Å². The van der Waals surface area contributed by atoms with Crippen LogP contribution >= 0.6 is 0 Å². The van der Waals surface area contributed by atoms with Gasteiger partial charge in [-0.2, -0.15) is 0 Å². The largest absolute Gasteiger partial charge is 0.350 e. The third kappa shape index (κ3) is 5.01. The highest BCUT2D eigenvalue weighted by molar-refractivity contribution is 7.89. The second-order valence-corrected chi connectivity index (χ2v) is 8.32. The van der Waals surface area contributed by atoms with Gasteiger partial charge in [0.05, 0.1) is 18.1 Å². The Morgan fingerprint density at radius 2 is 1.81 bits per heavy atom. The number of carbonyl (C=O) groups excluding carboxylic acids is 1. The van der Waals surface area contributed by atoms with Gasteiger partial charge in [0, 0.05) is 32.0 Å². The predicted molar refractivity (Wildman–Crippen MR) is 91.2 cm³/mol. The van der Waals surface area contributed by atoms with Crippen LogP contribution in [0.1, 0.15) is 19.3 Å². The van der Waals surface area contributed by atoms with E-state index in [1.807, 2.05) is 0 Å². The Morgan fingerprint density at radius 1 is 1.15 bits per heavy atom. The Labute approximate surface area is 156 Å². The van der Waals surface area contributed by atoms with Crippen LogP contribution in [-0.4, -0.2) is 58.4 Å². The fraction of sp³-hybridized carbons (Fsp3) is 0.588. The summed E-state index contributed by atoms with van der Waals surface area (Å²) < 4.78 is 63.5. The van der Waals surface area contributed by atoms with Gasteiger partial charge in [-0.1, -0.05) is 0 Å². The third-order valence-electron chi connectivity index (χ3n) is 4.76. The second kappa shape index (κ2) is 8.59. The predicted octanol–water partition coefficient (Wildman–Crippen LogP) is 1.24. The van der Waals surface area contributed by atoms with Crippen LogP contribution in [0.15, 0.2) is 23.1 Å². The molecule has 2 saturated heterocycles. The Bertz CT molecular complexity index is 776. The van der Waals surface area contributed by atoms with Crippen molar-refractivity contribution in [2.45, 2.75) is 30.4 Å². The zero-order valence-corrected chi connectivity index (χ0v) is 15.5. The Morgan fingerprint density at radius 3 is 2.44 bits per heavy atom. The van der Waals surface area contributed by atoms with Crippen molar-refractivity contribution in [1.29, 1.82) is 0 Å². The smallest absolute Gasteiger partial charge is 0.240 e. The molecule has 1 aromatic carbocycles. The maximum Gasteiger partial charge on any atom is 0.240 e. The van der Waals surface area contributed by atoms with Gasteiger partial charge in [0.15, 0.2) is 17.9 Å². The topological polar surface area (TPSA) is 84.9 Å². The average molecular weight is 404 g/mol. The molecule has 2 aliphatic heterocycles. The summed E-state index contributed by atoms with van der Waals surface area (Å²) in [6, 6.07) is 2.33. The highest BCUT2D eigenvalue weighted by Crippen LogP contribution is 2.26. The molecule has 3 rings (SSSR count). The summed E-state index contributed by atoms with van der Waals surface area (Å²) >= 11 is 0. The number of nitrogens with zero attached hydrogens (tertiary/aromatic N) is 1. The summed E-state index contributed by atoms with van der Waals surface area (Å²) in [5.41, 5.74) is 0. The van der Waals surface area contributed by atoms with E-state index >= 15 is 0 Å². The first-order valence-electron chi connectivity index (χ1n) is 8.82. The Balaban J connectivity index is 1.44. The minimum absolute atomic E-state index is 0.00992. The van der Waals surface area contributed by atoms with E-state index < -0.39 is 21.7 Å². The molecular weight excluding hydrogens is 382 g/mol. The maximum atomic E-state index is 13.2. The highest BCUT2D eigenvalue weighted by atomic mass is 32.2. The molecule has 0 unspecified atom stereocenters. The standard InChI is InChI=1S/C17H22F2N2O5S/c18-14-2-1-13(11-15(14)19)27(23,24)20-6-3-16(22)21-7-4-12(5-8-21)17-25-9-10-26-17/h1-2,11-12,17,20H,3-10H2. The molecule has 2 fully saturated rings. The SMILES string of the molecule is O=C(CCNS(=O)(=O)c1ccc(F)c(F)c1)N1CCC(C2OCCO2)CC1. The van der Waals surface area contributed by atoms with Crippen molar-refractivity contribution in [1.82, 2.24) is 9.62 Å². The molecule has 0 bridgehead atoms. The number of rotatable bonds is 6. The number of benzene rings is 1. The van der Waals surface area contributed by atoms with Crippen molar-refractivity contribution >= 4 is 15.9 Å². The van der Waals surface area contributed by atoms with E-state index in [2.05, 4.69) is 4.72 Å². The number of nitrogens with one attached hydrogen (secondary N) is 1. The van der Waals surface area contributed by atoms with Crippen molar-refractivity contribution in [3.05, 3.63) is 29.8 Å². The molecule has 1 amide bonds. The molecule has 150 valence electrons. The van der Waals surface area contributed by atoms with E-state index in [0.717, 1.165) is 25.0 Å². The first-order valence-corrected chi connectivity index (χ1v) is 10.3. The molecule has 10 heteroatoms. The quantitative estimate of drug-likeness (QED) is 0.771. The van der Waals surface area contributed by atoms with Crippen LogP contribution in [0.2, 0.25) is 0 Å². The van der Waals surface area contributed by atoms with Gasteiger partial charge in [-0.15, -0.1) is 0 Å². The summed E-state index contributed by atoms with van der Waals surface area (Å²) in [6.07, 6.45) is 1.35. The first-order chi connectivity index (χ1) is 12.9. The lowest BCUT2D eigenvalue weighted by Crippen LogP contribution is -2.42. The van der Waals surface area contributed by atoms with Crippen molar-refractivity contribution < 1.29 is 31.5 Å². The maximum absolute atomic E-state index is 13.2. The monoisotopic (exact) mass is 404 g/mol. The molecule has 27 heavy (non-hydrogen) atoms. The van der Waals surface area contributed by atoms with Crippen LogP contribution in [0.3, 0.4) is 0 Å². The van der Waals surface area contributed by atoms with Crippen molar-refractivity contribution in [3.8, 4) is 0 Å². The van der Waals surface area contributed by atoms with Gasteiger partial charge >= 0.3 is 0 Å². The zero-order chi connectivity index (χ0) is 19.4. The number of hydrogen-bond acceptors (Lipinski definition) is 5. The van der Waals surface area contributed by atoms with Crippen molar-refractivity contribution in [2.24, 2.45) is 5.92 Å². The molecule has 0 spiro atoms. The third-order valence-corrected chi connectivity index (χ3v) is 6.22. The van der Waals surface area contributed by atoms with Crippen LogP contribution in [-0.2, 0) is 24.3 Å². The summed E-state index contributed by atoms with van der Waals surface area (Å²) in [5, 5.41) is 0. The molecule has 2 heterocycles. The Hall–Kier alpha value is -1.62. The fourth-order valence-corrected chi connectivity index (χ4v) is 4.29. The second-order valence-electron chi connectivity index (χ2n) is 6.55. The summed E-state index contributed by atoms with van der Waals surface area (Å²) in [6.45, 7) is 2.23. The number of piperidine rings is 1. The van der Waals surface area contributed by atoms with E-state index in [4.69, 9.17) is 9.47 Å². The lowest BCUT2D eigenvalue weighted by molar-refractivity contribution is -0.136. The molecule has 0 saturated carbocycles. The number of carbonyl (C=O) groups is 1. The highest BCUT2D eigenvalue weighted by Gasteiger charge is 2.31. The van der Waals surface area contributed by atoms with Gasteiger partial charge < -0.3 is 14.4 Å². The number of amides is 1. The number of hydrogen-bond donors (Lipinski definition) is 1. The zero-order valence-electron chi connectivity index (χ0n) is 14.7. The normalized spacial score (nSPS) is 19.6. The van der Waals surface area contributed by atoms with Crippen molar-refractivity contribution in [3.63, 3.8) is 0 Å². The number of likely N-dealkylation sites (tertiary alicyclic amines) is 1. The van der Waals surface area contributed by atoms with Gasteiger partial charge in [-0.05, 0) is 31.0 Å². The lowest BCUT2D eigenvalue weighted by Gasteiger charge is -2.33. The van der Waals surface area contributed by atoms with Crippen LogP contribution < -0.4 is 4.72 Å². The van der Waals surface area contributed by atoms with Crippen LogP contribution in [0, 0.1) is 17.6 Å². The summed E-state index contributed by atoms with van der Waals surface area (Å²) in [4.78, 5) is 13.6. The van der Waals surface area contributed by atoms with Crippen LogP contribution in [0.25, 0.3) is 0 Å². The van der Waals surface area contributed by atoms with Crippen LogP contribution in [0.5, 0.6) is 0 Å². The van der Waals surface area contributed by atoms with Gasteiger partial charge in [0.25, 0.3) is 0 Å². The van der Waals surface area contributed by atoms with E-state index in [1.54, 1.807) is 4.90 Å². The summed E-state index contributed by atoms with van der Waals surface area (Å²) in [7, 11) is -4.01. The van der Waals surface area contributed by atoms with Gasteiger partial charge in [0.1, 0.15) is 0 Å². The minimum atomic E-state index is -4.01. The van der Waals surface area contributed by atoms with Gasteiger partial charge in [-0.3, -0.25) is 4.79 Å². The molecular formula is C17H22F2N2O5S. The number of ether oxygens (including phenoxy) is 2. The number of halogens is 2. The van der Waals surface area contributed by atoms with Gasteiger partial charge in [0.2, 0.25) is 15.9 Å². The molecule has 7 nitrogen and oxygen atoms in total. The Kier molecular flexibility index (Phi) is 6.40. The molecule has 0 aromatic heterocycles. The lowest BCUT2D eigenvalue weighted by atomic mass is 9.96. The van der Waals surface area contributed by atoms with E-state index in [9.17, 15) is 22.0 Å². The van der Waals surface area contributed by atoms with Gasteiger partial charge in [-0.25, -0.2) is 21.9 Å². The summed E-state index contributed by atoms with van der Waals surface area (Å²) in [5.74, 6) is -2.26. The minimum Gasteiger partial charge on any atom is -0.350 e. The van der Waals surface area contributed by atoms with E-state index in [1.165, 1.54) is 0 Å². The fourth-order valence-electron chi connectivity index (χ4n) is 3.25. The van der Waals surface area contributed by atoms with E-state index in [-0.39, 0.29) is 36.0 Å². The molecule has 0 aliphatic carbocycles. The van der Waals surface area contributed by atoms with E-state index in [0.29, 0.717) is 32.4 Å². The molecule has 0 radical (unpaired) electrons. The van der Waals surface area contributed by atoms with Crippen LogP contribution in [0.4, 0.5) is 8.78 Å². The number of sulfonamides is 1. The molecule has 1 N–H and O–H groups in total. The molecule has 2 aliphatic rings. The molecule has 1 aromatic rings.